The zero-order valence-electron chi connectivity index (χ0n) is 15.6. The summed E-state index contributed by atoms with van der Waals surface area (Å²) in [5, 5.41) is 0. The Morgan fingerprint density at radius 2 is 1.85 bits per heavy atom. The van der Waals surface area contributed by atoms with Gasteiger partial charge in [0.1, 0.15) is 0 Å². The molecule has 3 rings (SSSR count). The fourth-order valence-corrected chi connectivity index (χ4v) is 4.89. The molecule has 2 aromatic rings. The summed E-state index contributed by atoms with van der Waals surface area (Å²) in [6.07, 6.45) is 2.73. The molecule has 0 N–H and O–H groups in total. The molecule has 0 unspecified atom stereocenters. The minimum Gasteiger partial charge on any atom is -0.379 e. The summed E-state index contributed by atoms with van der Waals surface area (Å²) >= 11 is 3.37. The van der Waals surface area contributed by atoms with Crippen LogP contribution in [0.1, 0.15) is 12.1 Å². The van der Waals surface area contributed by atoms with Crippen LogP contribution in [-0.2, 0) is 28.4 Å². The Balaban J connectivity index is 1.74. The third-order valence-corrected chi connectivity index (χ3v) is 7.21. The number of rotatable bonds is 8. The van der Waals surface area contributed by atoms with Gasteiger partial charge in [0.25, 0.3) is 0 Å². The topological polar surface area (TPSA) is 54.8 Å². The van der Waals surface area contributed by atoms with Gasteiger partial charge in [0.2, 0.25) is 10.0 Å². The van der Waals surface area contributed by atoms with Gasteiger partial charge in [-0.1, -0.05) is 15.9 Å². The van der Waals surface area contributed by atoms with Crippen LogP contribution in [0.2, 0.25) is 0 Å². The largest absolute Gasteiger partial charge is 0.379 e. The third-order valence-electron chi connectivity index (χ3n) is 4.83. The van der Waals surface area contributed by atoms with Crippen molar-refractivity contribution in [1.82, 2.24) is 13.8 Å². The van der Waals surface area contributed by atoms with E-state index in [0.717, 1.165) is 49.4 Å². The van der Waals surface area contributed by atoms with Crippen LogP contribution in [0, 0.1) is 0 Å². The number of halogens is 1. The number of aryl methyl sites for hydroxylation is 1. The highest BCUT2D eigenvalue weighted by Crippen LogP contribution is 2.21. The van der Waals surface area contributed by atoms with E-state index < -0.39 is 10.0 Å². The van der Waals surface area contributed by atoms with Crippen molar-refractivity contribution in [3.05, 3.63) is 52.8 Å². The fraction of sp³-hybridized carbons (Fsp3) is 0.474. The Bertz CT molecular complexity index is 830. The molecule has 27 heavy (non-hydrogen) atoms. The summed E-state index contributed by atoms with van der Waals surface area (Å²) in [4.78, 5) is 2.66. The van der Waals surface area contributed by atoms with Crippen LogP contribution in [0.3, 0.4) is 0 Å². The minimum atomic E-state index is -3.56. The number of nitrogens with zero attached hydrogens (tertiary/aromatic N) is 3. The first kappa shape index (κ1) is 20.5. The van der Waals surface area contributed by atoms with Gasteiger partial charge in [0.15, 0.2) is 0 Å². The van der Waals surface area contributed by atoms with Crippen molar-refractivity contribution in [2.24, 2.45) is 7.05 Å². The van der Waals surface area contributed by atoms with E-state index in [4.69, 9.17) is 4.74 Å². The van der Waals surface area contributed by atoms with Gasteiger partial charge in [-0.2, -0.15) is 4.31 Å². The molecular weight excluding hydrogens is 430 g/mol. The number of aromatic nitrogens is 1. The van der Waals surface area contributed by atoms with Crippen molar-refractivity contribution >= 4 is 26.0 Å². The third kappa shape index (κ3) is 5.42. The molecule has 0 atom stereocenters. The minimum absolute atomic E-state index is 0.325. The first-order valence-corrected chi connectivity index (χ1v) is 11.4. The van der Waals surface area contributed by atoms with Gasteiger partial charge < -0.3 is 9.30 Å². The van der Waals surface area contributed by atoms with Crippen molar-refractivity contribution in [1.29, 1.82) is 0 Å². The second-order valence-electron chi connectivity index (χ2n) is 6.71. The van der Waals surface area contributed by atoms with E-state index in [1.165, 1.54) is 0 Å². The van der Waals surface area contributed by atoms with Gasteiger partial charge in [-0.3, -0.25) is 4.90 Å². The summed E-state index contributed by atoms with van der Waals surface area (Å²) in [5.74, 6) is 0. The van der Waals surface area contributed by atoms with Gasteiger partial charge in [-0.25, -0.2) is 8.42 Å². The highest BCUT2D eigenvalue weighted by molar-refractivity contribution is 9.10. The lowest BCUT2D eigenvalue weighted by atomic mass is 10.3. The van der Waals surface area contributed by atoms with E-state index in [9.17, 15) is 8.42 Å². The molecule has 1 aromatic heterocycles. The van der Waals surface area contributed by atoms with Crippen molar-refractivity contribution in [2.75, 3.05) is 39.4 Å². The second-order valence-corrected chi connectivity index (χ2v) is 9.56. The van der Waals surface area contributed by atoms with Gasteiger partial charge >= 0.3 is 0 Å². The van der Waals surface area contributed by atoms with E-state index in [1.807, 2.05) is 29.9 Å². The van der Waals surface area contributed by atoms with E-state index in [2.05, 4.69) is 20.8 Å². The Hall–Kier alpha value is -1.19. The van der Waals surface area contributed by atoms with Crippen LogP contribution in [0.4, 0.5) is 0 Å². The zero-order valence-corrected chi connectivity index (χ0v) is 18.0. The summed E-state index contributed by atoms with van der Waals surface area (Å²) in [7, 11) is -1.62. The average Bonchev–Trinajstić information content (AvgIpc) is 3.07. The lowest BCUT2D eigenvalue weighted by molar-refractivity contribution is 0.0368. The number of ether oxygens (including phenoxy) is 1. The van der Waals surface area contributed by atoms with Crippen molar-refractivity contribution in [2.45, 2.75) is 17.9 Å². The highest BCUT2D eigenvalue weighted by atomic mass is 79.9. The molecule has 0 radical (unpaired) electrons. The van der Waals surface area contributed by atoms with E-state index in [-0.39, 0.29) is 0 Å². The summed E-state index contributed by atoms with van der Waals surface area (Å²) < 4.78 is 36.3. The zero-order chi connectivity index (χ0) is 19.3. The number of hydrogen-bond acceptors (Lipinski definition) is 4. The molecule has 1 aromatic carbocycles. The summed E-state index contributed by atoms with van der Waals surface area (Å²) in [6.45, 7) is 5.07. The predicted octanol–water partition coefficient (Wildman–Crippen LogP) is 2.70. The maximum absolute atomic E-state index is 13.2. The van der Waals surface area contributed by atoms with E-state index in [1.54, 1.807) is 28.6 Å². The molecule has 8 heteroatoms. The molecule has 1 saturated heterocycles. The van der Waals surface area contributed by atoms with Crippen LogP contribution in [0.5, 0.6) is 0 Å². The quantitative estimate of drug-likeness (QED) is 0.613. The number of hydrogen-bond donors (Lipinski definition) is 0. The molecule has 1 fully saturated rings. The van der Waals surface area contributed by atoms with Crippen molar-refractivity contribution in [3.8, 4) is 0 Å². The predicted molar refractivity (Wildman–Crippen MR) is 109 cm³/mol. The van der Waals surface area contributed by atoms with E-state index >= 15 is 0 Å². The maximum atomic E-state index is 13.2. The molecule has 148 valence electrons. The first-order chi connectivity index (χ1) is 13.0. The number of morpholine rings is 1. The Morgan fingerprint density at radius 3 is 2.48 bits per heavy atom. The SMILES string of the molecule is Cn1cccc1CN(CCCN1CCOCC1)S(=O)(=O)c1ccc(Br)cc1. The normalized spacial score (nSPS) is 16.1. The van der Waals surface area contributed by atoms with Gasteiger partial charge in [-0.15, -0.1) is 0 Å². The molecular formula is C19H26BrN3O3S. The fourth-order valence-electron chi connectivity index (χ4n) is 3.18. The Morgan fingerprint density at radius 1 is 1.15 bits per heavy atom. The summed E-state index contributed by atoms with van der Waals surface area (Å²) in [5.41, 5.74) is 0.974. The molecule has 0 amide bonds. The van der Waals surface area contributed by atoms with Crippen LogP contribution >= 0.6 is 15.9 Å². The Kier molecular flexibility index (Phi) is 7.10. The maximum Gasteiger partial charge on any atom is 0.243 e. The molecule has 0 bridgehead atoms. The van der Waals surface area contributed by atoms with Crippen LogP contribution < -0.4 is 0 Å². The Labute approximate surface area is 169 Å². The number of benzene rings is 1. The molecule has 0 saturated carbocycles. The molecule has 0 spiro atoms. The summed E-state index contributed by atoms with van der Waals surface area (Å²) in [6, 6.07) is 10.7. The van der Waals surface area contributed by atoms with Gasteiger partial charge in [0, 0.05) is 43.0 Å². The van der Waals surface area contributed by atoms with Crippen molar-refractivity contribution < 1.29 is 13.2 Å². The molecule has 1 aliphatic heterocycles. The second kappa shape index (κ2) is 9.34. The highest BCUT2D eigenvalue weighted by Gasteiger charge is 2.25. The lowest BCUT2D eigenvalue weighted by Crippen LogP contribution is -2.39. The van der Waals surface area contributed by atoms with E-state index in [0.29, 0.717) is 18.0 Å². The van der Waals surface area contributed by atoms with Crippen LogP contribution in [0.15, 0.2) is 52.0 Å². The molecule has 6 nitrogen and oxygen atoms in total. The van der Waals surface area contributed by atoms with Gasteiger partial charge in [0.05, 0.1) is 24.7 Å². The standard InChI is InChI=1S/C19H26BrN3O3S/c1-21-9-2-4-18(21)16-23(11-3-10-22-12-14-26-15-13-22)27(24,25)19-7-5-17(20)6-8-19/h2,4-9H,3,10-16H2,1H3. The molecule has 1 aliphatic rings. The van der Waals surface area contributed by atoms with Crippen LogP contribution in [-0.4, -0.2) is 61.6 Å². The monoisotopic (exact) mass is 455 g/mol. The smallest absolute Gasteiger partial charge is 0.243 e. The molecule has 2 heterocycles. The number of sulfonamides is 1. The van der Waals surface area contributed by atoms with Crippen molar-refractivity contribution in [3.63, 3.8) is 0 Å². The lowest BCUT2D eigenvalue weighted by Gasteiger charge is -2.28. The van der Waals surface area contributed by atoms with Crippen LogP contribution in [0.25, 0.3) is 0 Å². The molecule has 0 aliphatic carbocycles. The first-order valence-electron chi connectivity index (χ1n) is 9.13. The average molecular weight is 456 g/mol. The van der Waals surface area contributed by atoms with Gasteiger partial charge in [-0.05, 0) is 49.4 Å².